The number of hydrogen-bond donors (Lipinski definition) is 4. The third kappa shape index (κ3) is 10.5. The number of anilines is 1. The fourth-order valence-corrected chi connectivity index (χ4v) is 5.46. The standard InChI is InChI=1S/C29H33F4N2O10P/c1-26(2,3)44-46(41,45-27(4,5)6)42-16-35-12-11-19(15-24(35)36)34-25(37)20-9-7-17(28(31,32)33)13-23(20)43-22-10-8-18(30)14-21(22)29(38,39)40/h7-15,38-40H,16H2,1-6H3,(H,34,37). The van der Waals surface area contributed by atoms with Gasteiger partial charge in [0.25, 0.3) is 11.5 Å². The van der Waals surface area contributed by atoms with Crippen molar-refractivity contribution in [1.29, 1.82) is 0 Å². The molecule has 0 saturated carbocycles. The Bertz CT molecular complexity index is 1670. The number of halogens is 4. The number of hydrogen-bond acceptors (Lipinski definition) is 10. The molecule has 0 atom stereocenters. The summed E-state index contributed by atoms with van der Waals surface area (Å²) in [6.45, 7) is 9.20. The molecule has 4 N–H and O–H groups in total. The maximum atomic E-state index is 13.7. The summed E-state index contributed by atoms with van der Waals surface area (Å²) in [5.41, 5.74) is -5.47. The fraction of sp³-hybridized carbons (Fsp3) is 0.379. The predicted octanol–water partition coefficient (Wildman–Crippen LogP) is 5.85. The Kier molecular flexibility index (Phi) is 10.6. The van der Waals surface area contributed by atoms with Crippen LogP contribution in [-0.4, -0.2) is 37.0 Å². The maximum absolute atomic E-state index is 13.7. The van der Waals surface area contributed by atoms with Crippen LogP contribution in [0.3, 0.4) is 0 Å². The molecule has 0 saturated heterocycles. The van der Waals surface area contributed by atoms with Crippen LogP contribution in [0.15, 0.2) is 59.5 Å². The zero-order valence-corrected chi connectivity index (χ0v) is 26.4. The van der Waals surface area contributed by atoms with Gasteiger partial charge in [0.05, 0.1) is 27.9 Å². The lowest BCUT2D eigenvalue weighted by atomic mass is 10.1. The van der Waals surface area contributed by atoms with Crippen LogP contribution in [0.1, 0.15) is 63.0 Å². The SMILES string of the molecule is CC(C)(C)OP(=O)(OCn1ccc(NC(=O)c2ccc(C(F)(F)F)cc2Oc2ccc(F)cc2C(O)(O)O)cc1=O)OC(C)(C)C. The Morgan fingerprint density at radius 3 is 2.02 bits per heavy atom. The monoisotopic (exact) mass is 676 g/mol. The quantitative estimate of drug-likeness (QED) is 0.116. The molecule has 0 aliphatic heterocycles. The molecule has 252 valence electrons. The fourth-order valence-electron chi connectivity index (χ4n) is 3.71. The molecule has 46 heavy (non-hydrogen) atoms. The molecule has 0 unspecified atom stereocenters. The van der Waals surface area contributed by atoms with Crippen molar-refractivity contribution in [3.63, 3.8) is 0 Å². The smallest absolute Gasteiger partial charge is 0.456 e. The lowest BCUT2D eigenvalue weighted by Gasteiger charge is -2.30. The number of phosphoric acid groups is 1. The van der Waals surface area contributed by atoms with E-state index in [1.807, 2.05) is 0 Å². The number of nitrogens with one attached hydrogen (secondary N) is 1. The molecule has 1 amide bonds. The van der Waals surface area contributed by atoms with Crippen molar-refractivity contribution in [2.75, 3.05) is 5.32 Å². The number of benzene rings is 2. The van der Waals surface area contributed by atoms with Crippen LogP contribution in [0, 0.1) is 5.82 Å². The normalized spacial score (nSPS) is 13.1. The van der Waals surface area contributed by atoms with Gasteiger partial charge < -0.3 is 25.4 Å². The third-order valence-electron chi connectivity index (χ3n) is 5.46. The molecule has 1 aromatic heterocycles. The van der Waals surface area contributed by atoms with Crippen LogP contribution in [0.25, 0.3) is 0 Å². The van der Waals surface area contributed by atoms with Crippen molar-refractivity contribution < 1.29 is 60.5 Å². The molecular formula is C29H33F4N2O10P. The summed E-state index contributed by atoms with van der Waals surface area (Å²) in [5, 5.41) is 31.1. The van der Waals surface area contributed by atoms with Gasteiger partial charge in [0.1, 0.15) is 24.0 Å². The van der Waals surface area contributed by atoms with Crippen molar-refractivity contribution in [2.45, 2.75) is 71.6 Å². The highest BCUT2D eigenvalue weighted by Gasteiger charge is 2.37. The Balaban J connectivity index is 1.90. The summed E-state index contributed by atoms with van der Waals surface area (Å²) in [4.78, 5) is 25.9. The number of phosphoric ester groups is 1. The maximum Gasteiger partial charge on any atom is 0.477 e. The number of carbonyl (C=O) groups excluding carboxylic acids is 1. The van der Waals surface area contributed by atoms with Gasteiger partial charge in [-0.1, -0.05) is 0 Å². The molecule has 3 aromatic rings. The van der Waals surface area contributed by atoms with Gasteiger partial charge in [-0.3, -0.25) is 27.7 Å². The number of aliphatic hydroxyl groups is 3. The van der Waals surface area contributed by atoms with E-state index in [0.717, 1.165) is 28.8 Å². The minimum Gasteiger partial charge on any atom is -0.456 e. The first-order valence-corrected chi connectivity index (χ1v) is 14.9. The molecule has 12 nitrogen and oxygen atoms in total. The van der Waals surface area contributed by atoms with Crippen molar-refractivity contribution >= 4 is 19.4 Å². The summed E-state index contributed by atoms with van der Waals surface area (Å²) < 4.78 is 90.1. The lowest BCUT2D eigenvalue weighted by Crippen LogP contribution is -2.26. The number of aromatic nitrogens is 1. The average molecular weight is 677 g/mol. The molecular weight excluding hydrogens is 643 g/mol. The lowest BCUT2D eigenvalue weighted by molar-refractivity contribution is -0.324. The highest BCUT2D eigenvalue weighted by molar-refractivity contribution is 7.48. The predicted molar refractivity (Wildman–Crippen MR) is 155 cm³/mol. The van der Waals surface area contributed by atoms with Crippen LogP contribution < -0.4 is 15.6 Å². The van der Waals surface area contributed by atoms with Gasteiger partial charge in [-0.15, -0.1) is 0 Å². The largest absolute Gasteiger partial charge is 0.477 e. The molecule has 0 bridgehead atoms. The van der Waals surface area contributed by atoms with Gasteiger partial charge in [-0.25, -0.2) is 8.96 Å². The number of nitrogens with zero attached hydrogens (tertiary/aromatic N) is 1. The zero-order valence-electron chi connectivity index (χ0n) is 25.5. The number of carbonyl (C=O) groups is 1. The van der Waals surface area contributed by atoms with Gasteiger partial charge in [0, 0.05) is 18.0 Å². The molecule has 0 aliphatic rings. The summed E-state index contributed by atoms with van der Waals surface area (Å²) in [6.07, 6.45) is -3.71. The van der Waals surface area contributed by atoms with Crippen LogP contribution in [0.5, 0.6) is 11.5 Å². The van der Waals surface area contributed by atoms with Gasteiger partial charge in [0.2, 0.25) is 0 Å². The van der Waals surface area contributed by atoms with E-state index in [1.54, 1.807) is 41.5 Å². The summed E-state index contributed by atoms with van der Waals surface area (Å²) >= 11 is 0. The molecule has 0 radical (unpaired) electrons. The number of alkyl halides is 3. The molecule has 1 heterocycles. The Morgan fingerprint density at radius 1 is 0.891 bits per heavy atom. The molecule has 0 fully saturated rings. The summed E-state index contributed by atoms with van der Waals surface area (Å²) in [7, 11) is -4.18. The van der Waals surface area contributed by atoms with Gasteiger partial charge >= 0.3 is 20.0 Å². The van der Waals surface area contributed by atoms with E-state index in [-0.39, 0.29) is 5.69 Å². The number of rotatable bonds is 10. The highest BCUT2D eigenvalue weighted by atomic mass is 31.2. The molecule has 3 rings (SSSR count). The Morgan fingerprint density at radius 2 is 1.50 bits per heavy atom. The first kappa shape index (κ1) is 36.8. The van der Waals surface area contributed by atoms with E-state index >= 15 is 0 Å². The van der Waals surface area contributed by atoms with Crippen molar-refractivity contribution in [1.82, 2.24) is 4.57 Å². The Hall–Kier alpha value is -3.63. The van der Waals surface area contributed by atoms with E-state index in [9.17, 15) is 47.0 Å². The van der Waals surface area contributed by atoms with Gasteiger partial charge in [-0.05, 0) is 84.0 Å². The van der Waals surface area contributed by atoms with E-state index in [4.69, 9.17) is 18.3 Å². The summed E-state index contributed by atoms with van der Waals surface area (Å²) in [6, 6.07) is 5.98. The number of amides is 1. The Labute approximate surface area is 260 Å². The number of ether oxygens (including phenoxy) is 1. The zero-order chi connectivity index (χ0) is 34.9. The third-order valence-corrected chi connectivity index (χ3v) is 7.43. The van der Waals surface area contributed by atoms with Crippen LogP contribution in [0.2, 0.25) is 0 Å². The first-order chi connectivity index (χ1) is 20.9. The minimum atomic E-state index is -4.89. The van der Waals surface area contributed by atoms with Crippen molar-refractivity contribution in [3.05, 3.63) is 87.6 Å². The van der Waals surface area contributed by atoms with Crippen LogP contribution >= 0.6 is 7.82 Å². The molecule has 2 aromatic carbocycles. The van der Waals surface area contributed by atoms with E-state index < -0.39 is 83.4 Å². The second-order valence-corrected chi connectivity index (χ2v) is 13.4. The van der Waals surface area contributed by atoms with Crippen molar-refractivity contribution in [3.8, 4) is 11.5 Å². The van der Waals surface area contributed by atoms with Crippen molar-refractivity contribution in [2.24, 2.45) is 0 Å². The number of pyridine rings is 1. The molecule has 17 heteroatoms. The van der Waals surface area contributed by atoms with Crippen LogP contribution in [0.4, 0.5) is 23.2 Å². The minimum absolute atomic E-state index is 0.111. The summed E-state index contributed by atoms with van der Waals surface area (Å²) in [5.74, 6) is -7.21. The topological polar surface area (TPSA) is 166 Å². The molecule has 0 spiro atoms. The van der Waals surface area contributed by atoms with E-state index in [0.29, 0.717) is 18.2 Å². The first-order valence-electron chi connectivity index (χ1n) is 13.4. The van der Waals surface area contributed by atoms with Crippen LogP contribution in [-0.2, 0) is 37.0 Å². The van der Waals surface area contributed by atoms with E-state index in [1.165, 1.54) is 12.3 Å². The van der Waals surface area contributed by atoms with Gasteiger partial charge in [0.15, 0.2) is 0 Å². The van der Waals surface area contributed by atoms with Gasteiger partial charge in [-0.2, -0.15) is 13.2 Å². The second kappa shape index (κ2) is 13.2. The average Bonchev–Trinajstić information content (AvgIpc) is 2.85. The van der Waals surface area contributed by atoms with E-state index in [2.05, 4.69) is 5.32 Å². The highest BCUT2D eigenvalue weighted by Crippen LogP contribution is 2.55. The molecule has 0 aliphatic carbocycles. The second-order valence-electron chi connectivity index (χ2n) is 11.9.